The van der Waals surface area contributed by atoms with Crippen LogP contribution in [0.5, 0.6) is 17.4 Å². The molecule has 0 spiro atoms. The van der Waals surface area contributed by atoms with E-state index in [9.17, 15) is 31.9 Å². The average molecular weight is 636 g/mol. The van der Waals surface area contributed by atoms with Crippen LogP contribution in [-0.4, -0.2) is 37.7 Å². The molecule has 2 aromatic heterocycles. The number of carboxylic acids is 1. The molecule has 1 aliphatic heterocycles. The lowest BCUT2D eigenvalue weighted by molar-refractivity contribution is -0.286. The molecule has 3 aromatic rings. The molecule has 0 saturated heterocycles. The van der Waals surface area contributed by atoms with Crippen LogP contribution in [0.4, 0.5) is 22.0 Å². The van der Waals surface area contributed by atoms with Gasteiger partial charge in [0.25, 0.3) is 0 Å². The molecule has 2 bridgehead atoms. The summed E-state index contributed by atoms with van der Waals surface area (Å²) in [4.78, 5) is 16.1. The van der Waals surface area contributed by atoms with Crippen LogP contribution in [0.2, 0.25) is 0 Å². The van der Waals surface area contributed by atoms with E-state index in [1.807, 2.05) is 0 Å². The Morgan fingerprint density at radius 2 is 1.78 bits per heavy atom. The maximum atomic E-state index is 14.3. The van der Waals surface area contributed by atoms with E-state index in [0.29, 0.717) is 62.6 Å². The topological polar surface area (TPSA) is 105 Å². The summed E-state index contributed by atoms with van der Waals surface area (Å²) < 4.78 is 92.6. The fraction of sp³-hybridized carbons (Fsp3) is 0.516. The van der Waals surface area contributed by atoms with Gasteiger partial charge in [0.1, 0.15) is 12.2 Å². The number of halogens is 5. The lowest BCUT2D eigenvalue weighted by atomic mass is 9.58. The van der Waals surface area contributed by atoms with Gasteiger partial charge >= 0.3 is 18.4 Å². The Bertz CT molecular complexity index is 1630. The standard InChI is InChI=1S/C31H30F5N3O6/c1-17(18-5-6-21-23(15-18)45-31(35,36)44-21)42-24-16-19(7-14-37-24)39-25-20(26(38-39)30(32,33)34)3-2-4-22(25)43-29-11-8-28(9-12-29,10-13-29)27(40)41/h5-7,14-17,22H,2-4,8-13H2,1H3,(H,40,41)/t17-,22?,28?,29?/m0/s1. The molecule has 0 radical (unpaired) electrons. The minimum absolute atomic E-state index is 0.0808. The van der Waals surface area contributed by atoms with Crippen LogP contribution in [-0.2, 0) is 22.1 Å². The molecule has 240 valence electrons. The van der Waals surface area contributed by atoms with Gasteiger partial charge in [-0.05, 0) is 88.5 Å². The summed E-state index contributed by atoms with van der Waals surface area (Å²) in [6.45, 7) is 1.66. The SMILES string of the molecule is C[C@H](Oc1cc(-n2nc(C(F)(F)F)c3c2C(OC24CCC(C(=O)O)(CC2)CC4)CCC3)ccn1)c1ccc2c(c1)OC(F)(F)O2. The number of rotatable bonds is 7. The summed E-state index contributed by atoms with van der Waals surface area (Å²) in [5.74, 6) is -0.974. The first-order chi connectivity index (χ1) is 21.3. The molecule has 3 fully saturated rings. The van der Waals surface area contributed by atoms with Gasteiger partial charge in [0.2, 0.25) is 5.88 Å². The van der Waals surface area contributed by atoms with Crippen molar-refractivity contribution in [2.45, 2.75) is 95.0 Å². The Balaban J connectivity index is 1.18. The molecule has 45 heavy (non-hydrogen) atoms. The summed E-state index contributed by atoms with van der Waals surface area (Å²) in [6.07, 6.45) is -4.22. The van der Waals surface area contributed by atoms with Crippen molar-refractivity contribution in [3.05, 3.63) is 59.0 Å². The molecular weight excluding hydrogens is 605 g/mol. The second-order valence-corrected chi connectivity index (χ2v) is 12.4. The number of aliphatic carboxylic acids is 1. The zero-order valence-electron chi connectivity index (χ0n) is 24.2. The predicted octanol–water partition coefficient (Wildman–Crippen LogP) is 7.32. The smallest absolute Gasteiger partial charge is 0.481 e. The molecule has 9 nitrogen and oxygen atoms in total. The first-order valence-electron chi connectivity index (χ1n) is 14.9. The summed E-state index contributed by atoms with van der Waals surface area (Å²) in [5, 5.41) is 13.8. The van der Waals surface area contributed by atoms with E-state index in [1.165, 1.54) is 41.2 Å². The first-order valence-corrected chi connectivity index (χ1v) is 14.9. The molecule has 1 unspecified atom stereocenters. The summed E-state index contributed by atoms with van der Waals surface area (Å²) in [6, 6.07) is 7.24. The molecule has 2 atom stereocenters. The van der Waals surface area contributed by atoms with Crippen molar-refractivity contribution in [1.29, 1.82) is 0 Å². The van der Waals surface area contributed by atoms with E-state index in [2.05, 4.69) is 19.6 Å². The minimum atomic E-state index is -4.69. The van der Waals surface area contributed by atoms with Crippen molar-refractivity contribution in [3.63, 3.8) is 0 Å². The zero-order valence-corrected chi connectivity index (χ0v) is 24.2. The van der Waals surface area contributed by atoms with Gasteiger partial charge in [0, 0.05) is 17.8 Å². The third kappa shape index (κ3) is 5.26. The molecular formula is C31H30F5N3O6. The second kappa shape index (κ2) is 10.3. The number of benzene rings is 1. The van der Waals surface area contributed by atoms with E-state index < -0.39 is 47.4 Å². The van der Waals surface area contributed by atoms with Gasteiger partial charge in [-0.15, -0.1) is 8.78 Å². The number of nitrogens with zero attached hydrogens (tertiary/aromatic N) is 3. The normalized spacial score (nSPS) is 27.2. The number of alkyl halides is 5. The van der Waals surface area contributed by atoms with Crippen LogP contribution < -0.4 is 14.2 Å². The Kier molecular flexibility index (Phi) is 6.81. The zero-order chi connectivity index (χ0) is 31.8. The first kappa shape index (κ1) is 29.8. The number of hydrogen-bond acceptors (Lipinski definition) is 7. The van der Waals surface area contributed by atoms with Crippen LogP contribution in [0.15, 0.2) is 36.5 Å². The van der Waals surface area contributed by atoms with E-state index in [1.54, 1.807) is 6.92 Å². The third-order valence-corrected chi connectivity index (χ3v) is 9.67. The highest BCUT2D eigenvalue weighted by Gasteiger charge is 2.54. The quantitative estimate of drug-likeness (QED) is 0.270. The fourth-order valence-electron chi connectivity index (χ4n) is 7.19. The van der Waals surface area contributed by atoms with Gasteiger partial charge in [-0.3, -0.25) is 4.79 Å². The average Bonchev–Trinajstić information content (AvgIpc) is 3.55. The van der Waals surface area contributed by atoms with Crippen LogP contribution in [0, 0.1) is 5.41 Å². The summed E-state index contributed by atoms with van der Waals surface area (Å²) in [7, 11) is 0. The number of aromatic nitrogens is 3. The molecule has 1 aromatic carbocycles. The lowest BCUT2D eigenvalue weighted by Gasteiger charge is -2.52. The fourth-order valence-corrected chi connectivity index (χ4v) is 7.19. The number of pyridine rings is 1. The number of fused-ring (bicyclic) bond motifs is 5. The third-order valence-electron chi connectivity index (χ3n) is 9.67. The van der Waals surface area contributed by atoms with E-state index in [-0.39, 0.29) is 35.1 Å². The largest absolute Gasteiger partial charge is 0.586 e. The monoisotopic (exact) mass is 635 g/mol. The van der Waals surface area contributed by atoms with Gasteiger partial charge in [-0.1, -0.05) is 6.07 Å². The van der Waals surface area contributed by atoms with Gasteiger partial charge in [-0.2, -0.15) is 18.3 Å². The molecule has 14 heteroatoms. The number of hydrogen-bond donors (Lipinski definition) is 1. The maximum absolute atomic E-state index is 14.3. The van der Waals surface area contributed by atoms with Crippen molar-refractivity contribution in [2.75, 3.05) is 0 Å². The molecule has 8 rings (SSSR count). The van der Waals surface area contributed by atoms with E-state index in [0.717, 1.165) is 0 Å². The van der Waals surface area contributed by atoms with Gasteiger partial charge in [-0.25, -0.2) is 9.67 Å². The van der Waals surface area contributed by atoms with Crippen LogP contribution in [0.25, 0.3) is 5.69 Å². The highest BCUT2D eigenvalue weighted by atomic mass is 19.4. The molecule has 1 N–H and O–H groups in total. The molecule has 4 aliphatic carbocycles. The molecule has 3 heterocycles. The van der Waals surface area contributed by atoms with Gasteiger partial charge < -0.3 is 24.1 Å². The highest BCUT2D eigenvalue weighted by Crippen LogP contribution is 2.56. The van der Waals surface area contributed by atoms with Crippen molar-refractivity contribution in [1.82, 2.24) is 14.8 Å². The van der Waals surface area contributed by atoms with E-state index in [4.69, 9.17) is 9.47 Å². The molecule has 3 saturated carbocycles. The van der Waals surface area contributed by atoms with Crippen molar-refractivity contribution in [3.8, 4) is 23.1 Å². The second-order valence-electron chi connectivity index (χ2n) is 12.4. The number of carboxylic acid groups (broad SMARTS) is 1. The van der Waals surface area contributed by atoms with Gasteiger partial charge in [0.05, 0.1) is 22.4 Å². The van der Waals surface area contributed by atoms with Crippen LogP contribution in [0.1, 0.15) is 93.0 Å². The van der Waals surface area contributed by atoms with Crippen LogP contribution in [0.3, 0.4) is 0 Å². The van der Waals surface area contributed by atoms with Crippen molar-refractivity contribution in [2.24, 2.45) is 5.41 Å². The number of ether oxygens (including phenoxy) is 4. The van der Waals surface area contributed by atoms with Gasteiger partial charge in [0.15, 0.2) is 17.2 Å². The van der Waals surface area contributed by atoms with Crippen molar-refractivity contribution >= 4 is 5.97 Å². The Hall–Kier alpha value is -3.94. The predicted molar refractivity (Wildman–Crippen MR) is 145 cm³/mol. The minimum Gasteiger partial charge on any atom is -0.481 e. The lowest BCUT2D eigenvalue weighted by Crippen LogP contribution is -2.51. The molecule has 5 aliphatic rings. The van der Waals surface area contributed by atoms with Crippen LogP contribution >= 0.6 is 0 Å². The molecule has 0 amide bonds. The Morgan fingerprint density at radius 3 is 2.47 bits per heavy atom. The highest BCUT2D eigenvalue weighted by molar-refractivity contribution is 5.75. The summed E-state index contributed by atoms with van der Waals surface area (Å²) in [5.41, 5.74) is -1.13. The Morgan fingerprint density at radius 1 is 1.07 bits per heavy atom. The summed E-state index contributed by atoms with van der Waals surface area (Å²) >= 11 is 0. The Labute approximate surface area is 254 Å². The van der Waals surface area contributed by atoms with E-state index >= 15 is 0 Å². The number of carbonyl (C=O) groups is 1. The maximum Gasteiger partial charge on any atom is 0.586 e. The van der Waals surface area contributed by atoms with Crippen molar-refractivity contribution < 1.29 is 50.8 Å².